The minimum Gasteiger partial charge on any atom is -0.0844 e. The quantitative estimate of drug-likeness (QED) is 0.561. The normalized spacial score (nSPS) is 27.5. The molecule has 0 radical (unpaired) electrons. The van der Waals surface area contributed by atoms with Gasteiger partial charge in [0.2, 0.25) is 0 Å². The van der Waals surface area contributed by atoms with Crippen molar-refractivity contribution in [3.8, 4) is 0 Å². The van der Waals surface area contributed by atoms with Crippen molar-refractivity contribution in [2.75, 3.05) is 0 Å². The van der Waals surface area contributed by atoms with Crippen LogP contribution in [0.15, 0.2) is 22.8 Å². The molecule has 0 spiro atoms. The first-order valence-corrected chi connectivity index (χ1v) is 4.67. The second kappa shape index (κ2) is 2.38. The molecule has 0 heterocycles. The molecule has 0 N–H and O–H groups in total. The van der Waals surface area contributed by atoms with Gasteiger partial charge in [0, 0.05) is 5.03 Å². The van der Waals surface area contributed by atoms with Gasteiger partial charge in [-0.3, -0.25) is 0 Å². The Morgan fingerprint density at radius 2 is 1.91 bits per heavy atom. The van der Waals surface area contributed by atoms with E-state index in [1.165, 1.54) is 24.8 Å². The molecule has 0 saturated heterocycles. The molecule has 1 saturated carbocycles. The minimum absolute atomic E-state index is 0.452. The van der Waals surface area contributed by atoms with Crippen LogP contribution in [0.4, 0.5) is 0 Å². The van der Waals surface area contributed by atoms with E-state index in [-0.39, 0.29) is 0 Å². The van der Waals surface area contributed by atoms with Crippen molar-refractivity contribution in [1.82, 2.24) is 0 Å². The molecule has 0 unspecified atom stereocenters. The first-order valence-electron chi connectivity index (χ1n) is 4.29. The molecule has 60 valence electrons. The molecule has 2 aliphatic carbocycles. The van der Waals surface area contributed by atoms with Crippen LogP contribution in [0.25, 0.3) is 0 Å². The Labute approximate surface area is 72.9 Å². The highest BCUT2D eigenvalue weighted by Crippen LogP contribution is 2.55. The number of halogens is 1. The number of allylic oxidation sites excluding steroid dienone is 4. The Balaban J connectivity index is 2.24. The van der Waals surface area contributed by atoms with Crippen LogP contribution in [0.3, 0.4) is 0 Å². The summed E-state index contributed by atoms with van der Waals surface area (Å²) < 4.78 is 0. The van der Waals surface area contributed by atoms with Gasteiger partial charge in [-0.25, -0.2) is 0 Å². The maximum absolute atomic E-state index is 6.10. The fourth-order valence-corrected chi connectivity index (χ4v) is 2.05. The lowest BCUT2D eigenvalue weighted by molar-refractivity contribution is 0.693. The van der Waals surface area contributed by atoms with Crippen molar-refractivity contribution in [3.05, 3.63) is 22.8 Å². The lowest BCUT2D eigenvalue weighted by atomic mass is 9.93. The predicted octanol–water partition coefficient (Wildman–Crippen LogP) is 3.63. The molecule has 0 nitrogen and oxygen atoms in total. The molecule has 0 amide bonds. The summed E-state index contributed by atoms with van der Waals surface area (Å²) in [5.74, 6) is 0. The van der Waals surface area contributed by atoms with Crippen molar-refractivity contribution in [3.63, 3.8) is 0 Å². The molecule has 1 heteroatoms. The van der Waals surface area contributed by atoms with Gasteiger partial charge in [-0.05, 0) is 36.7 Å². The Morgan fingerprint density at radius 1 is 1.27 bits per heavy atom. The molecule has 0 aromatic heterocycles. The van der Waals surface area contributed by atoms with Crippen LogP contribution >= 0.6 is 11.6 Å². The zero-order valence-electron chi connectivity index (χ0n) is 6.86. The van der Waals surface area contributed by atoms with Crippen LogP contribution in [0, 0.1) is 5.41 Å². The Kier molecular flexibility index (Phi) is 1.61. The van der Waals surface area contributed by atoms with Gasteiger partial charge in [0.15, 0.2) is 0 Å². The van der Waals surface area contributed by atoms with Gasteiger partial charge in [0.05, 0.1) is 0 Å². The molecule has 0 bridgehead atoms. The van der Waals surface area contributed by atoms with E-state index in [2.05, 4.69) is 19.1 Å². The van der Waals surface area contributed by atoms with E-state index in [0.29, 0.717) is 5.41 Å². The van der Waals surface area contributed by atoms with Crippen LogP contribution in [-0.4, -0.2) is 0 Å². The summed E-state index contributed by atoms with van der Waals surface area (Å²) in [4.78, 5) is 0. The summed E-state index contributed by atoms with van der Waals surface area (Å²) in [6, 6.07) is 0. The Hall–Kier alpha value is -0.230. The van der Waals surface area contributed by atoms with Crippen molar-refractivity contribution in [2.45, 2.75) is 32.6 Å². The summed E-state index contributed by atoms with van der Waals surface area (Å²) in [5.41, 5.74) is 1.86. The average molecular weight is 169 g/mol. The van der Waals surface area contributed by atoms with Crippen LogP contribution in [0.5, 0.6) is 0 Å². The van der Waals surface area contributed by atoms with Gasteiger partial charge >= 0.3 is 0 Å². The second-order valence-electron chi connectivity index (χ2n) is 3.81. The van der Waals surface area contributed by atoms with E-state index in [1.807, 2.05) is 0 Å². The lowest BCUT2D eigenvalue weighted by Gasteiger charge is -2.16. The fourth-order valence-electron chi connectivity index (χ4n) is 1.64. The van der Waals surface area contributed by atoms with E-state index >= 15 is 0 Å². The highest BCUT2D eigenvalue weighted by atomic mass is 35.5. The van der Waals surface area contributed by atoms with Gasteiger partial charge in [0.25, 0.3) is 0 Å². The van der Waals surface area contributed by atoms with Gasteiger partial charge < -0.3 is 0 Å². The molecule has 0 atom stereocenters. The standard InChI is InChI=1S/C10H13Cl/c1-10(6-7-10)8-4-2-3-5-9(8)11/h4-5H,2-3,6-7H2,1H3. The molecule has 2 rings (SSSR count). The third-order valence-electron chi connectivity index (χ3n) is 2.75. The molecule has 0 aliphatic heterocycles. The zero-order valence-corrected chi connectivity index (χ0v) is 7.62. The van der Waals surface area contributed by atoms with Crippen molar-refractivity contribution in [1.29, 1.82) is 0 Å². The van der Waals surface area contributed by atoms with Gasteiger partial charge in [0.1, 0.15) is 0 Å². The molecule has 0 aromatic carbocycles. The van der Waals surface area contributed by atoms with Crippen molar-refractivity contribution in [2.24, 2.45) is 5.41 Å². The number of hydrogen-bond donors (Lipinski definition) is 0. The highest BCUT2D eigenvalue weighted by Gasteiger charge is 2.42. The van der Waals surface area contributed by atoms with E-state index in [9.17, 15) is 0 Å². The van der Waals surface area contributed by atoms with E-state index in [4.69, 9.17) is 11.6 Å². The molecular weight excluding hydrogens is 156 g/mol. The molecular formula is C10H13Cl. The smallest absolute Gasteiger partial charge is 0.0400 e. The average Bonchev–Trinajstić information content (AvgIpc) is 2.70. The van der Waals surface area contributed by atoms with Crippen molar-refractivity contribution < 1.29 is 0 Å². The van der Waals surface area contributed by atoms with Crippen LogP contribution in [-0.2, 0) is 0 Å². The molecule has 2 aliphatic rings. The first kappa shape index (κ1) is 7.42. The largest absolute Gasteiger partial charge is 0.0844 e. The zero-order chi connectivity index (χ0) is 7.90. The third kappa shape index (κ3) is 1.24. The van der Waals surface area contributed by atoms with Crippen molar-refractivity contribution >= 4 is 11.6 Å². The summed E-state index contributed by atoms with van der Waals surface area (Å²) in [7, 11) is 0. The summed E-state index contributed by atoms with van der Waals surface area (Å²) in [5, 5.41) is 1.01. The maximum Gasteiger partial charge on any atom is 0.0400 e. The SMILES string of the molecule is CC1(C2=CCCC=C2Cl)CC1. The Morgan fingerprint density at radius 3 is 2.45 bits per heavy atom. The van der Waals surface area contributed by atoms with E-state index in [0.717, 1.165) is 11.5 Å². The topological polar surface area (TPSA) is 0 Å². The van der Waals surface area contributed by atoms with Gasteiger partial charge in [-0.2, -0.15) is 0 Å². The summed E-state index contributed by atoms with van der Waals surface area (Å²) >= 11 is 6.10. The van der Waals surface area contributed by atoms with E-state index in [1.54, 1.807) is 0 Å². The summed E-state index contributed by atoms with van der Waals surface area (Å²) in [6.07, 6.45) is 9.42. The molecule has 0 aromatic rings. The second-order valence-corrected chi connectivity index (χ2v) is 4.22. The first-order chi connectivity index (χ1) is 5.22. The third-order valence-corrected chi connectivity index (χ3v) is 3.10. The predicted molar refractivity (Wildman–Crippen MR) is 48.6 cm³/mol. The monoisotopic (exact) mass is 168 g/mol. The van der Waals surface area contributed by atoms with Gasteiger partial charge in [-0.15, -0.1) is 0 Å². The number of rotatable bonds is 1. The molecule has 11 heavy (non-hydrogen) atoms. The van der Waals surface area contributed by atoms with Crippen LogP contribution < -0.4 is 0 Å². The molecule has 1 fully saturated rings. The lowest BCUT2D eigenvalue weighted by Crippen LogP contribution is -2.01. The highest BCUT2D eigenvalue weighted by molar-refractivity contribution is 6.32. The van der Waals surface area contributed by atoms with Crippen LogP contribution in [0.2, 0.25) is 0 Å². The fraction of sp³-hybridized carbons (Fsp3) is 0.600. The van der Waals surface area contributed by atoms with Gasteiger partial charge in [-0.1, -0.05) is 30.7 Å². The number of hydrogen-bond acceptors (Lipinski definition) is 0. The Bertz CT molecular complexity index is 231. The maximum atomic E-state index is 6.10. The minimum atomic E-state index is 0.452. The van der Waals surface area contributed by atoms with E-state index < -0.39 is 0 Å². The summed E-state index contributed by atoms with van der Waals surface area (Å²) in [6.45, 7) is 2.31. The van der Waals surface area contributed by atoms with Crippen LogP contribution in [0.1, 0.15) is 32.6 Å².